The van der Waals surface area contributed by atoms with E-state index in [1.165, 1.54) is 30.0 Å². The summed E-state index contributed by atoms with van der Waals surface area (Å²) < 4.78 is 13.2. The fourth-order valence-electron chi connectivity index (χ4n) is 2.25. The third-order valence-electron chi connectivity index (χ3n) is 3.45. The lowest BCUT2D eigenvalue weighted by molar-refractivity contribution is 0.620. The molecule has 2 aromatic rings. The number of hydrogen-bond donors (Lipinski definition) is 1. The molecule has 1 saturated carbocycles. The van der Waals surface area contributed by atoms with Gasteiger partial charge >= 0.3 is 0 Å². The van der Waals surface area contributed by atoms with Crippen LogP contribution in [-0.4, -0.2) is 18.6 Å². The van der Waals surface area contributed by atoms with Crippen molar-refractivity contribution >= 4 is 11.3 Å². The van der Waals surface area contributed by atoms with Crippen LogP contribution in [0.25, 0.3) is 11.3 Å². The second-order valence-corrected chi connectivity index (χ2v) is 5.72. The van der Waals surface area contributed by atoms with Gasteiger partial charge in [-0.3, -0.25) is 0 Å². The number of nitrogens with one attached hydrogen (secondary N) is 1. The molecule has 0 saturated heterocycles. The molecule has 0 aliphatic heterocycles. The van der Waals surface area contributed by atoms with Crippen LogP contribution in [0, 0.1) is 5.82 Å². The normalized spacial score (nSPS) is 16.8. The van der Waals surface area contributed by atoms with E-state index < -0.39 is 0 Å². The zero-order valence-electron chi connectivity index (χ0n) is 10.2. The average Bonchev–Trinajstić information content (AvgIpc) is 2.97. The molecule has 0 unspecified atom stereocenters. The molecule has 1 fully saturated rings. The molecule has 1 N–H and O–H groups in total. The van der Waals surface area contributed by atoms with Gasteiger partial charge in [0.25, 0.3) is 0 Å². The summed E-state index contributed by atoms with van der Waals surface area (Å²) in [5.74, 6) is -0.210. The van der Waals surface area contributed by atoms with Crippen molar-refractivity contribution in [1.29, 1.82) is 0 Å². The van der Waals surface area contributed by atoms with Crippen molar-refractivity contribution in [3.63, 3.8) is 0 Å². The number of halogens is 1. The molecule has 1 aromatic carbocycles. The Kier molecular flexibility index (Phi) is 2.92. The standard InChI is InChI=1S/C14H15FN2S/c1-16-9-14(5-6-14)13-17-12(8-18-13)10-3-2-4-11(15)7-10/h2-4,7-8,16H,5-6,9H2,1H3. The number of nitrogens with zero attached hydrogens (tertiary/aromatic N) is 1. The van der Waals surface area contributed by atoms with E-state index >= 15 is 0 Å². The molecule has 0 bridgehead atoms. The quantitative estimate of drug-likeness (QED) is 0.915. The third-order valence-corrected chi connectivity index (χ3v) is 4.54. The molecule has 1 aliphatic rings. The molecule has 1 aromatic heterocycles. The fourth-order valence-corrected chi connectivity index (χ4v) is 3.34. The average molecular weight is 262 g/mol. The number of benzene rings is 1. The number of hydrogen-bond acceptors (Lipinski definition) is 3. The van der Waals surface area contributed by atoms with Crippen LogP contribution in [0.15, 0.2) is 29.6 Å². The van der Waals surface area contributed by atoms with E-state index in [-0.39, 0.29) is 11.2 Å². The van der Waals surface area contributed by atoms with Crippen molar-refractivity contribution in [2.24, 2.45) is 0 Å². The summed E-state index contributed by atoms with van der Waals surface area (Å²) in [4.78, 5) is 4.69. The minimum atomic E-state index is -0.210. The molecular formula is C14H15FN2S. The van der Waals surface area contributed by atoms with Crippen LogP contribution in [-0.2, 0) is 5.41 Å². The van der Waals surface area contributed by atoms with Crippen molar-refractivity contribution in [1.82, 2.24) is 10.3 Å². The molecule has 18 heavy (non-hydrogen) atoms. The molecule has 4 heteroatoms. The van der Waals surface area contributed by atoms with E-state index in [9.17, 15) is 4.39 Å². The molecule has 0 atom stereocenters. The van der Waals surface area contributed by atoms with Crippen LogP contribution in [0.1, 0.15) is 17.8 Å². The molecule has 1 heterocycles. The second-order valence-electron chi connectivity index (χ2n) is 4.86. The maximum absolute atomic E-state index is 13.2. The molecule has 0 amide bonds. The van der Waals surface area contributed by atoms with E-state index in [4.69, 9.17) is 0 Å². The summed E-state index contributed by atoms with van der Waals surface area (Å²) in [6.07, 6.45) is 2.40. The van der Waals surface area contributed by atoms with Crippen LogP contribution in [0.5, 0.6) is 0 Å². The van der Waals surface area contributed by atoms with Gasteiger partial charge < -0.3 is 5.32 Å². The Morgan fingerprint density at radius 3 is 2.94 bits per heavy atom. The summed E-state index contributed by atoms with van der Waals surface area (Å²) in [6.45, 7) is 0.975. The summed E-state index contributed by atoms with van der Waals surface area (Å²) in [6, 6.07) is 6.63. The molecule has 0 spiro atoms. The van der Waals surface area contributed by atoms with Gasteiger partial charge in [-0.1, -0.05) is 12.1 Å². The van der Waals surface area contributed by atoms with Crippen molar-refractivity contribution in [3.8, 4) is 11.3 Å². The highest BCUT2D eigenvalue weighted by molar-refractivity contribution is 7.10. The molecule has 1 aliphatic carbocycles. The monoisotopic (exact) mass is 262 g/mol. The summed E-state index contributed by atoms with van der Waals surface area (Å²) in [5, 5.41) is 6.44. The maximum Gasteiger partial charge on any atom is 0.123 e. The van der Waals surface area contributed by atoms with Crippen LogP contribution in [0.2, 0.25) is 0 Å². The molecule has 2 nitrogen and oxygen atoms in total. The maximum atomic E-state index is 13.2. The number of likely N-dealkylation sites (N-methyl/N-ethyl adjacent to an activating group) is 1. The SMILES string of the molecule is CNCC1(c2nc(-c3cccc(F)c3)cs2)CC1. The highest BCUT2D eigenvalue weighted by atomic mass is 32.1. The van der Waals surface area contributed by atoms with Crippen LogP contribution in [0.3, 0.4) is 0 Å². The van der Waals surface area contributed by atoms with Gasteiger partial charge in [-0.05, 0) is 32.0 Å². The van der Waals surface area contributed by atoms with E-state index in [1.54, 1.807) is 17.4 Å². The Balaban J connectivity index is 1.90. The van der Waals surface area contributed by atoms with Gasteiger partial charge in [0.05, 0.1) is 5.69 Å². The highest BCUT2D eigenvalue weighted by Crippen LogP contribution is 2.49. The lowest BCUT2D eigenvalue weighted by atomic mass is 10.1. The summed E-state index contributed by atoms with van der Waals surface area (Å²) in [7, 11) is 1.97. The zero-order chi connectivity index (χ0) is 12.6. The predicted molar refractivity (Wildman–Crippen MR) is 72.3 cm³/mol. The fraction of sp³-hybridized carbons (Fsp3) is 0.357. The summed E-state index contributed by atoms with van der Waals surface area (Å²) >= 11 is 1.69. The molecular weight excluding hydrogens is 247 g/mol. The van der Waals surface area contributed by atoms with E-state index in [1.807, 2.05) is 18.5 Å². The smallest absolute Gasteiger partial charge is 0.123 e. The predicted octanol–water partition coefficient (Wildman–Crippen LogP) is 3.20. The Morgan fingerprint density at radius 1 is 1.44 bits per heavy atom. The van der Waals surface area contributed by atoms with Crippen molar-refractivity contribution in [2.45, 2.75) is 18.3 Å². The van der Waals surface area contributed by atoms with Gasteiger partial charge in [-0.25, -0.2) is 9.37 Å². The first-order valence-corrected chi connectivity index (χ1v) is 6.98. The Morgan fingerprint density at radius 2 is 2.28 bits per heavy atom. The van der Waals surface area contributed by atoms with Crippen LogP contribution in [0.4, 0.5) is 4.39 Å². The summed E-state index contributed by atoms with van der Waals surface area (Å²) in [5.41, 5.74) is 1.99. The number of thiazole rings is 1. The van der Waals surface area contributed by atoms with E-state index in [0.717, 1.165) is 17.8 Å². The van der Waals surface area contributed by atoms with E-state index in [2.05, 4.69) is 10.3 Å². The van der Waals surface area contributed by atoms with Crippen molar-refractivity contribution < 1.29 is 4.39 Å². The van der Waals surface area contributed by atoms with Crippen LogP contribution >= 0.6 is 11.3 Å². The second kappa shape index (κ2) is 4.44. The lowest BCUT2D eigenvalue weighted by Gasteiger charge is -2.10. The third kappa shape index (κ3) is 2.06. The molecule has 94 valence electrons. The first-order chi connectivity index (χ1) is 8.73. The van der Waals surface area contributed by atoms with Gasteiger partial charge in [-0.15, -0.1) is 11.3 Å². The first kappa shape index (κ1) is 11.8. The van der Waals surface area contributed by atoms with Gasteiger partial charge in [0, 0.05) is 22.9 Å². The largest absolute Gasteiger partial charge is 0.319 e. The first-order valence-electron chi connectivity index (χ1n) is 6.10. The van der Waals surface area contributed by atoms with Gasteiger partial charge in [0.15, 0.2) is 0 Å². The zero-order valence-corrected chi connectivity index (χ0v) is 11.1. The van der Waals surface area contributed by atoms with Gasteiger partial charge in [-0.2, -0.15) is 0 Å². The number of rotatable bonds is 4. The Hall–Kier alpha value is -1.26. The highest BCUT2D eigenvalue weighted by Gasteiger charge is 2.46. The minimum Gasteiger partial charge on any atom is -0.319 e. The molecule has 3 rings (SSSR count). The van der Waals surface area contributed by atoms with Gasteiger partial charge in [0.2, 0.25) is 0 Å². The minimum absolute atomic E-state index is 0.210. The van der Waals surface area contributed by atoms with E-state index in [0.29, 0.717) is 0 Å². The Labute approximate surface area is 110 Å². The van der Waals surface area contributed by atoms with Gasteiger partial charge in [0.1, 0.15) is 10.8 Å². The van der Waals surface area contributed by atoms with Crippen LogP contribution < -0.4 is 5.32 Å². The van der Waals surface area contributed by atoms with Crippen molar-refractivity contribution in [3.05, 3.63) is 40.5 Å². The lowest BCUT2D eigenvalue weighted by Crippen LogP contribution is -2.23. The molecule has 0 radical (unpaired) electrons. The Bertz CT molecular complexity index is 560. The van der Waals surface area contributed by atoms with Crippen molar-refractivity contribution in [2.75, 3.05) is 13.6 Å². The number of aromatic nitrogens is 1. The topological polar surface area (TPSA) is 24.9 Å².